The van der Waals surface area contributed by atoms with E-state index in [1.54, 1.807) is 18.2 Å². The number of hydrogen-bond donors (Lipinski definition) is 0. The van der Waals surface area contributed by atoms with Crippen LogP contribution in [0.2, 0.25) is 0 Å². The van der Waals surface area contributed by atoms with Gasteiger partial charge >= 0.3 is 0 Å². The lowest BCUT2D eigenvalue weighted by Crippen LogP contribution is -2.02. The highest BCUT2D eigenvalue weighted by molar-refractivity contribution is 5.99. The van der Waals surface area contributed by atoms with E-state index in [1.807, 2.05) is 12.3 Å². The molecule has 0 N–H and O–H groups in total. The molecule has 1 aromatic carbocycles. The number of pyridine rings is 1. The summed E-state index contributed by atoms with van der Waals surface area (Å²) in [7, 11) is 3.83. The molecule has 0 spiro atoms. The van der Waals surface area contributed by atoms with Crippen molar-refractivity contribution >= 4 is 10.9 Å². The Balaban J connectivity index is 1.79. The Bertz CT molecular complexity index is 908. The number of aromatic nitrogens is 2. The molecule has 3 heteroatoms. The number of aryl methyl sites for hydroxylation is 1. The van der Waals surface area contributed by atoms with Gasteiger partial charge in [-0.1, -0.05) is 0 Å². The second-order valence-corrected chi connectivity index (χ2v) is 6.91. The minimum Gasteiger partial charge on any atom is -0.481 e. The van der Waals surface area contributed by atoms with Crippen molar-refractivity contribution in [1.82, 2.24) is 9.55 Å². The zero-order valence-corrected chi connectivity index (χ0v) is 13.5. The number of nitrogens with zero attached hydrogens (tertiary/aromatic N) is 2. The average molecular weight is 304 g/mol. The van der Waals surface area contributed by atoms with Gasteiger partial charge in [0, 0.05) is 36.5 Å². The van der Waals surface area contributed by atoms with Crippen molar-refractivity contribution in [2.75, 3.05) is 7.11 Å². The highest BCUT2D eigenvalue weighted by atomic mass is 16.5. The Morgan fingerprint density at radius 3 is 2.83 bits per heavy atom. The van der Waals surface area contributed by atoms with Crippen LogP contribution in [0.3, 0.4) is 0 Å². The van der Waals surface area contributed by atoms with E-state index in [-0.39, 0.29) is 0 Å². The van der Waals surface area contributed by atoms with Crippen LogP contribution in [0.5, 0.6) is 5.88 Å². The van der Waals surface area contributed by atoms with Crippen LogP contribution in [-0.4, -0.2) is 16.7 Å². The zero-order valence-electron chi connectivity index (χ0n) is 13.5. The lowest BCUT2D eigenvalue weighted by atomic mass is 9.87. The molecule has 2 unspecified atom stereocenters. The van der Waals surface area contributed by atoms with E-state index < -0.39 is 0 Å². The molecular formula is C20H20N2O. The summed E-state index contributed by atoms with van der Waals surface area (Å²) in [6.45, 7) is 0. The lowest BCUT2D eigenvalue weighted by Gasteiger charge is -2.19. The minimum atomic E-state index is 0.665. The van der Waals surface area contributed by atoms with Crippen LogP contribution in [0.25, 0.3) is 22.0 Å². The third kappa shape index (κ3) is 1.73. The van der Waals surface area contributed by atoms with Crippen LogP contribution in [0.15, 0.2) is 36.7 Å². The standard InChI is InChI=1S/C20H20N2O/c1-22-8-7-15-16(14-5-6-18(23-2)21-11-14)10-17-12-3-4-13(9-12)19(17)20(15)22/h5-8,10-13H,3-4,9H2,1-2H3. The Morgan fingerprint density at radius 2 is 2.04 bits per heavy atom. The number of methoxy groups -OCH3 is 1. The molecule has 2 aliphatic carbocycles. The zero-order chi connectivity index (χ0) is 15.6. The highest BCUT2D eigenvalue weighted by Crippen LogP contribution is 2.56. The molecule has 2 aromatic heterocycles. The van der Waals surface area contributed by atoms with Crippen molar-refractivity contribution in [3.8, 4) is 17.0 Å². The molecule has 0 saturated heterocycles. The fourth-order valence-electron chi connectivity index (χ4n) is 4.72. The van der Waals surface area contributed by atoms with Gasteiger partial charge in [0.1, 0.15) is 0 Å². The van der Waals surface area contributed by atoms with Gasteiger partial charge in [-0.3, -0.25) is 0 Å². The minimum absolute atomic E-state index is 0.665. The van der Waals surface area contributed by atoms with Crippen LogP contribution in [0.4, 0.5) is 0 Å². The molecule has 2 heterocycles. The molecule has 1 fully saturated rings. The molecule has 2 bridgehead atoms. The molecule has 116 valence electrons. The molecule has 2 aliphatic rings. The first-order chi connectivity index (χ1) is 11.3. The van der Waals surface area contributed by atoms with E-state index in [9.17, 15) is 0 Å². The molecule has 23 heavy (non-hydrogen) atoms. The van der Waals surface area contributed by atoms with Gasteiger partial charge in [-0.2, -0.15) is 0 Å². The smallest absolute Gasteiger partial charge is 0.212 e. The summed E-state index contributed by atoms with van der Waals surface area (Å²) in [6.07, 6.45) is 8.19. The normalized spacial score (nSPS) is 21.8. The largest absolute Gasteiger partial charge is 0.481 e. The maximum Gasteiger partial charge on any atom is 0.212 e. The van der Waals surface area contributed by atoms with Crippen LogP contribution >= 0.6 is 0 Å². The average Bonchev–Trinajstić information content (AvgIpc) is 3.29. The second kappa shape index (κ2) is 4.60. The van der Waals surface area contributed by atoms with E-state index in [0.29, 0.717) is 5.88 Å². The summed E-state index contributed by atoms with van der Waals surface area (Å²) in [5, 5.41) is 1.35. The number of rotatable bonds is 2. The molecule has 0 aliphatic heterocycles. The Hall–Kier alpha value is -2.29. The third-order valence-electron chi connectivity index (χ3n) is 5.77. The molecule has 1 saturated carbocycles. The molecule has 3 nitrogen and oxygen atoms in total. The predicted octanol–water partition coefficient (Wildman–Crippen LogP) is 4.61. The maximum absolute atomic E-state index is 5.20. The van der Waals surface area contributed by atoms with Crippen LogP contribution in [-0.2, 0) is 7.05 Å². The summed E-state index contributed by atoms with van der Waals surface area (Å²) in [6, 6.07) is 8.75. The summed E-state index contributed by atoms with van der Waals surface area (Å²) >= 11 is 0. The number of hydrogen-bond acceptors (Lipinski definition) is 2. The van der Waals surface area contributed by atoms with Crippen molar-refractivity contribution in [2.45, 2.75) is 31.1 Å². The van der Waals surface area contributed by atoms with E-state index in [4.69, 9.17) is 4.74 Å². The molecule has 3 aromatic rings. The Morgan fingerprint density at radius 1 is 1.17 bits per heavy atom. The van der Waals surface area contributed by atoms with Gasteiger partial charge in [0.15, 0.2) is 0 Å². The highest BCUT2D eigenvalue weighted by Gasteiger charge is 2.39. The van der Waals surface area contributed by atoms with Crippen molar-refractivity contribution in [3.05, 3.63) is 47.8 Å². The first-order valence-corrected chi connectivity index (χ1v) is 8.38. The summed E-state index contributed by atoms with van der Waals surface area (Å²) in [5.74, 6) is 2.20. The number of fused-ring (bicyclic) bond motifs is 7. The van der Waals surface area contributed by atoms with Gasteiger partial charge < -0.3 is 9.30 Å². The van der Waals surface area contributed by atoms with E-state index >= 15 is 0 Å². The lowest BCUT2D eigenvalue weighted by molar-refractivity contribution is 0.398. The molecule has 0 amide bonds. The van der Waals surface area contributed by atoms with Crippen LogP contribution < -0.4 is 4.74 Å². The Kier molecular flexibility index (Phi) is 2.64. The topological polar surface area (TPSA) is 27.1 Å². The molecular weight excluding hydrogens is 284 g/mol. The van der Waals surface area contributed by atoms with Crippen LogP contribution in [0.1, 0.15) is 42.2 Å². The predicted molar refractivity (Wildman–Crippen MR) is 92.0 cm³/mol. The van der Waals surface area contributed by atoms with Gasteiger partial charge in [-0.15, -0.1) is 0 Å². The Labute approximate surface area is 135 Å². The quantitative estimate of drug-likeness (QED) is 0.691. The van der Waals surface area contributed by atoms with Crippen molar-refractivity contribution in [3.63, 3.8) is 0 Å². The molecule has 0 radical (unpaired) electrons. The van der Waals surface area contributed by atoms with Gasteiger partial charge in [-0.05, 0) is 66.0 Å². The molecule has 5 rings (SSSR count). The SMILES string of the molecule is COc1ccc(-c2cc3c(c4c2ccn4C)C2CCC3C2)cn1. The fourth-order valence-corrected chi connectivity index (χ4v) is 4.72. The van der Waals surface area contributed by atoms with Gasteiger partial charge in [0.05, 0.1) is 12.6 Å². The molecule has 2 atom stereocenters. The first kappa shape index (κ1) is 13.2. The summed E-state index contributed by atoms with van der Waals surface area (Å²) < 4.78 is 7.50. The van der Waals surface area contributed by atoms with E-state index in [0.717, 1.165) is 11.8 Å². The number of ether oxygens (including phenoxy) is 1. The second-order valence-electron chi connectivity index (χ2n) is 6.91. The monoisotopic (exact) mass is 304 g/mol. The van der Waals surface area contributed by atoms with Crippen molar-refractivity contribution < 1.29 is 4.74 Å². The fraction of sp³-hybridized carbons (Fsp3) is 0.350. The van der Waals surface area contributed by atoms with Gasteiger partial charge in [0.25, 0.3) is 0 Å². The van der Waals surface area contributed by atoms with Gasteiger partial charge in [0.2, 0.25) is 5.88 Å². The first-order valence-electron chi connectivity index (χ1n) is 8.38. The maximum atomic E-state index is 5.20. The number of benzene rings is 1. The van der Waals surface area contributed by atoms with Crippen molar-refractivity contribution in [2.24, 2.45) is 7.05 Å². The van der Waals surface area contributed by atoms with Gasteiger partial charge in [-0.25, -0.2) is 4.98 Å². The van der Waals surface area contributed by atoms with E-state index in [2.05, 4.69) is 41.0 Å². The van der Waals surface area contributed by atoms with Crippen molar-refractivity contribution in [1.29, 1.82) is 0 Å². The summed E-state index contributed by atoms with van der Waals surface area (Å²) in [5.41, 5.74) is 7.12. The third-order valence-corrected chi connectivity index (χ3v) is 5.77. The van der Waals surface area contributed by atoms with E-state index in [1.165, 1.54) is 41.3 Å². The van der Waals surface area contributed by atoms with Crippen LogP contribution in [0, 0.1) is 0 Å². The summed E-state index contributed by atoms with van der Waals surface area (Å²) in [4.78, 5) is 4.40.